The normalized spacial score (nSPS) is 22.2. The van der Waals surface area contributed by atoms with E-state index in [2.05, 4.69) is 59.0 Å². The van der Waals surface area contributed by atoms with E-state index in [0.29, 0.717) is 5.92 Å². The minimum absolute atomic E-state index is 0.309. The molecule has 146 valence electrons. The van der Waals surface area contributed by atoms with E-state index in [1.54, 1.807) is 0 Å². The van der Waals surface area contributed by atoms with E-state index in [-0.39, 0.29) is 5.54 Å². The number of para-hydroxylation sites is 1. The smallest absolute Gasteiger partial charge is 0.181 e. The molecule has 5 nitrogen and oxygen atoms in total. The molecule has 0 radical (unpaired) electrons. The summed E-state index contributed by atoms with van der Waals surface area (Å²) in [5, 5.41) is 17.5. The van der Waals surface area contributed by atoms with Crippen molar-refractivity contribution < 1.29 is 0 Å². The summed E-state index contributed by atoms with van der Waals surface area (Å²) < 4.78 is 1.86. The van der Waals surface area contributed by atoms with Crippen LogP contribution in [0.4, 0.5) is 5.69 Å². The van der Waals surface area contributed by atoms with E-state index in [1.807, 2.05) is 29.8 Å². The zero-order chi connectivity index (χ0) is 19.7. The average molecular weight is 396 g/mol. The van der Waals surface area contributed by atoms with Gasteiger partial charge < -0.3 is 5.32 Å². The van der Waals surface area contributed by atoms with Gasteiger partial charge in [-0.25, -0.2) is 0 Å². The molecule has 1 aliphatic carbocycles. The van der Waals surface area contributed by atoms with Gasteiger partial charge in [-0.15, -0.1) is 5.10 Å². The van der Waals surface area contributed by atoms with Gasteiger partial charge in [0.05, 0.1) is 11.2 Å². The Labute approximate surface area is 171 Å². The standard InChI is InChI=1S/C22H26ClN5/c1-15-11-13-22(14-12-15,24-19-9-5-4-7-16(19)2)21-25-26-27-28(21)20-10-6-8-18(23)17(20)3/h4-10,15,24H,11-14H2,1-3H3. The van der Waals surface area contributed by atoms with Crippen LogP contribution in [0.3, 0.4) is 0 Å². The van der Waals surface area contributed by atoms with Crippen LogP contribution in [0, 0.1) is 19.8 Å². The van der Waals surface area contributed by atoms with Gasteiger partial charge in [0.2, 0.25) is 0 Å². The lowest BCUT2D eigenvalue weighted by molar-refractivity contribution is 0.255. The van der Waals surface area contributed by atoms with Crippen molar-refractivity contribution in [1.82, 2.24) is 20.2 Å². The van der Waals surface area contributed by atoms with Gasteiger partial charge in [-0.05, 0) is 85.2 Å². The first kappa shape index (κ1) is 18.9. The van der Waals surface area contributed by atoms with Crippen molar-refractivity contribution in [3.05, 3.63) is 64.4 Å². The van der Waals surface area contributed by atoms with Crippen molar-refractivity contribution >= 4 is 17.3 Å². The van der Waals surface area contributed by atoms with E-state index in [1.165, 1.54) is 5.56 Å². The monoisotopic (exact) mass is 395 g/mol. The number of nitrogens with one attached hydrogen (secondary N) is 1. The largest absolute Gasteiger partial charge is 0.372 e. The molecule has 28 heavy (non-hydrogen) atoms. The summed E-state index contributed by atoms with van der Waals surface area (Å²) >= 11 is 6.38. The molecule has 1 N–H and O–H groups in total. The SMILES string of the molecule is Cc1ccccc1NC1(c2nnnn2-c2cccc(Cl)c2C)CCC(C)CC1. The molecule has 0 atom stereocenters. The van der Waals surface area contributed by atoms with Crippen LogP contribution in [0.15, 0.2) is 42.5 Å². The zero-order valence-corrected chi connectivity index (χ0v) is 17.4. The number of nitrogens with zero attached hydrogens (tertiary/aromatic N) is 4. The minimum Gasteiger partial charge on any atom is -0.372 e. The summed E-state index contributed by atoms with van der Waals surface area (Å²) in [5.41, 5.74) is 3.95. The van der Waals surface area contributed by atoms with Crippen molar-refractivity contribution in [3.8, 4) is 5.69 Å². The zero-order valence-electron chi connectivity index (χ0n) is 16.6. The van der Waals surface area contributed by atoms with Gasteiger partial charge >= 0.3 is 0 Å². The number of tetrazole rings is 1. The topological polar surface area (TPSA) is 55.6 Å². The van der Waals surface area contributed by atoms with E-state index in [9.17, 15) is 0 Å². The van der Waals surface area contributed by atoms with Crippen LogP contribution >= 0.6 is 11.6 Å². The molecule has 4 rings (SSSR count). The Morgan fingerprint density at radius 3 is 2.57 bits per heavy atom. The van der Waals surface area contributed by atoms with Crippen LogP contribution in [0.2, 0.25) is 5.02 Å². The van der Waals surface area contributed by atoms with Crippen molar-refractivity contribution in [2.24, 2.45) is 5.92 Å². The van der Waals surface area contributed by atoms with Crippen molar-refractivity contribution in [3.63, 3.8) is 0 Å². The second-order valence-corrected chi connectivity index (χ2v) is 8.41. The molecule has 1 fully saturated rings. The summed E-state index contributed by atoms with van der Waals surface area (Å²) in [7, 11) is 0. The molecule has 3 aromatic rings. The molecular formula is C22H26ClN5. The molecule has 0 amide bonds. The van der Waals surface area contributed by atoms with Gasteiger partial charge in [-0.3, -0.25) is 0 Å². The van der Waals surface area contributed by atoms with Gasteiger partial charge in [0.25, 0.3) is 0 Å². The maximum atomic E-state index is 6.38. The van der Waals surface area contributed by atoms with Gasteiger partial charge in [0.1, 0.15) is 0 Å². The highest BCUT2D eigenvalue weighted by atomic mass is 35.5. The molecule has 0 unspecified atom stereocenters. The van der Waals surface area contributed by atoms with Gasteiger partial charge in [-0.2, -0.15) is 4.68 Å². The lowest BCUT2D eigenvalue weighted by Gasteiger charge is -2.40. The molecule has 1 aliphatic rings. The number of hydrogen-bond acceptors (Lipinski definition) is 4. The third-order valence-electron chi connectivity index (χ3n) is 6.01. The fraction of sp³-hybridized carbons (Fsp3) is 0.409. The third kappa shape index (κ3) is 3.39. The van der Waals surface area contributed by atoms with E-state index in [4.69, 9.17) is 11.6 Å². The van der Waals surface area contributed by atoms with E-state index >= 15 is 0 Å². The Bertz CT molecular complexity index is 973. The highest BCUT2D eigenvalue weighted by molar-refractivity contribution is 6.31. The summed E-state index contributed by atoms with van der Waals surface area (Å²) in [6.45, 7) is 6.46. The first-order valence-electron chi connectivity index (χ1n) is 9.88. The highest BCUT2D eigenvalue weighted by Crippen LogP contribution is 2.42. The van der Waals surface area contributed by atoms with Crippen molar-refractivity contribution in [2.75, 3.05) is 5.32 Å². The van der Waals surface area contributed by atoms with E-state index < -0.39 is 0 Å². The number of aromatic nitrogens is 4. The highest BCUT2D eigenvalue weighted by Gasteiger charge is 2.41. The molecule has 1 aromatic heterocycles. The Morgan fingerprint density at radius 1 is 1.07 bits per heavy atom. The van der Waals surface area contributed by atoms with Crippen LogP contribution in [0.1, 0.15) is 49.6 Å². The summed E-state index contributed by atoms with van der Waals surface area (Å²) in [6, 6.07) is 14.3. The van der Waals surface area contributed by atoms with Gasteiger partial charge in [0, 0.05) is 10.7 Å². The Kier molecular flexibility index (Phi) is 5.11. The Morgan fingerprint density at radius 2 is 1.82 bits per heavy atom. The van der Waals surface area contributed by atoms with Crippen LogP contribution in [0.25, 0.3) is 5.69 Å². The summed E-state index contributed by atoms with van der Waals surface area (Å²) in [4.78, 5) is 0. The molecule has 0 saturated heterocycles. The third-order valence-corrected chi connectivity index (χ3v) is 6.42. The van der Waals surface area contributed by atoms with Crippen LogP contribution in [-0.4, -0.2) is 20.2 Å². The maximum absolute atomic E-state index is 6.38. The molecule has 1 saturated carbocycles. The maximum Gasteiger partial charge on any atom is 0.181 e. The van der Waals surface area contributed by atoms with Crippen LogP contribution in [0.5, 0.6) is 0 Å². The summed E-state index contributed by atoms with van der Waals surface area (Å²) in [6.07, 6.45) is 4.26. The first-order chi connectivity index (χ1) is 13.5. The molecular weight excluding hydrogens is 370 g/mol. The molecule has 0 spiro atoms. The molecule has 1 heterocycles. The minimum atomic E-state index is -0.309. The number of rotatable bonds is 4. The number of aryl methyl sites for hydroxylation is 1. The second kappa shape index (κ2) is 7.55. The summed E-state index contributed by atoms with van der Waals surface area (Å²) in [5.74, 6) is 1.57. The molecule has 6 heteroatoms. The quantitative estimate of drug-likeness (QED) is 0.638. The number of halogens is 1. The van der Waals surface area contributed by atoms with Gasteiger partial charge in [-0.1, -0.05) is 42.8 Å². The number of hydrogen-bond donors (Lipinski definition) is 1. The number of anilines is 1. The molecule has 0 bridgehead atoms. The number of benzene rings is 2. The van der Waals surface area contributed by atoms with Crippen molar-refractivity contribution in [1.29, 1.82) is 0 Å². The fourth-order valence-electron chi connectivity index (χ4n) is 4.10. The molecule has 0 aliphatic heterocycles. The lowest BCUT2D eigenvalue weighted by atomic mass is 9.76. The van der Waals surface area contributed by atoms with Crippen LogP contribution in [-0.2, 0) is 5.54 Å². The second-order valence-electron chi connectivity index (χ2n) is 8.00. The predicted octanol–water partition coefficient (Wildman–Crippen LogP) is 5.45. The predicted molar refractivity (Wildman–Crippen MR) is 113 cm³/mol. The average Bonchev–Trinajstić information content (AvgIpc) is 3.18. The fourth-order valence-corrected chi connectivity index (χ4v) is 4.27. The van der Waals surface area contributed by atoms with Gasteiger partial charge in [0.15, 0.2) is 5.82 Å². The lowest BCUT2D eigenvalue weighted by Crippen LogP contribution is -2.41. The van der Waals surface area contributed by atoms with E-state index in [0.717, 1.165) is 53.5 Å². The van der Waals surface area contributed by atoms with Crippen molar-refractivity contribution in [2.45, 2.75) is 52.0 Å². The molecule has 2 aromatic carbocycles. The first-order valence-corrected chi connectivity index (χ1v) is 10.3. The Hall–Kier alpha value is -2.40. The Balaban J connectivity index is 1.82. The van der Waals surface area contributed by atoms with Crippen LogP contribution < -0.4 is 5.32 Å².